The maximum absolute atomic E-state index is 14.8. The Morgan fingerprint density at radius 2 is 2.06 bits per heavy atom. The lowest BCUT2D eigenvalue weighted by molar-refractivity contribution is -0.122. The fourth-order valence-corrected chi connectivity index (χ4v) is 3.72. The second-order valence-electron chi connectivity index (χ2n) is 7.32. The maximum Gasteiger partial charge on any atom is 0.321 e. The van der Waals surface area contributed by atoms with Crippen LogP contribution in [0.25, 0.3) is 5.65 Å². The van der Waals surface area contributed by atoms with E-state index in [1.165, 1.54) is 27.9 Å². The SMILES string of the molecule is O=C1NCC(c2cc(N3C[C@H](Oc4ccccn4)C(F)(F)C3)c3nccn3n2)C(=O)N1. The second-order valence-corrected chi connectivity index (χ2v) is 7.32. The number of carbonyl (C=O) groups excluding carboxylic acids is 2. The molecule has 12 heteroatoms. The molecule has 1 unspecified atom stereocenters. The maximum atomic E-state index is 14.8. The second kappa shape index (κ2) is 7.15. The van der Waals surface area contributed by atoms with Gasteiger partial charge in [0.1, 0.15) is 0 Å². The average molecular weight is 429 g/mol. The third-order valence-corrected chi connectivity index (χ3v) is 5.24. The zero-order valence-corrected chi connectivity index (χ0v) is 16.0. The highest BCUT2D eigenvalue weighted by atomic mass is 19.3. The Kier molecular flexibility index (Phi) is 4.41. The van der Waals surface area contributed by atoms with Crippen LogP contribution >= 0.6 is 0 Å². The zero-order chi connectivity index (χ0) is 21.6. The topological polar surface area (TPSA) is 114 Å². The van der Waals surface area contributed by atoms with Gasteiger partial charge in [-0.05, 0) is 12.1 Å². The molecule has 2 aliphatic heterocycles. The van der Waals surface area contributed by atoms with Crippen LogP contribution in [0.15, 0.2) is 42.9 Å². The number of rotatable bonds is 4. The van der Waals surface area contributed by atoms with Gasteiger partial charge in [-0.25, -0.2) is 28.1 Å². The van der Waals surface area contributed by atoms with Gasteiger partial charge >= 0.3 is 12.0 Å². The van der Waals surface area contributed by atoms with Crippen LogP contribution in [0.3, 0.4) is 0 Å². The van der Waals surface area contributed by atoms with Gasteiger partial charge in [-0.1, -0.05) is 6.07 Å². The Morgan fingerprint density at radius 3 is 2.84 bits per heavy atom. The number of halogens is 2. The van der Waals surface area contributed by atoms with E-state index in [0.29, 0.717) is 17.0 Å². The van der Waals surface area contributed by atoms with Gasteiger partial charge in [0.2, 0.25) is 11.8 Å². The van der Waals surface area contributed by atoms with Gasteiger partial charge in [0.15, 0.2) is 11.8 Å². The molecule has 10 nitrogen and oxygen atoms in total. The van der Waals surface area contributed by atoms with Gasteiger partial charge in [-0.3, -0.25) is 10.1 Å². The van der Waals surface area contributed by atoms with Gasteiger partial charge in [0, 0.05) is 31.2 Å². The van der Waals surface area contributed by atoms with Gasteiger partial charge in [-0.2, -0.15) is 5.10 Å². The normalized spacial score (nSPS) is 23.0. The minimum Gasteiger partial charge on any atom is -0.466 e. The van der Waals surface area contributed by atoms with Crippen molar-refractivity contribution in [1.82, 2.24) is 30.2 Å². The standard InChI is InChI=1S/C19H17F2N7O3/c20-19(21)10-27(9-14(19)31-15-3-1-2-4-22-15)13-7-12(26-28-6-5-23-16(13)28)11-8-24-18(30)25-17(11)29/h1-7,11,14H,8-10H2,(H2,24,25,29,30)/t11?,14-/m0/s1. The van der Waals surface area contributed by atoms with E-state index in [2.05, 4.69) is 25.7 Å². The summed E-state index contributed by atoms with van der Waals surface area (Å²) in [5.74, 6) is -4.29. The summed E-state index contributed by atoms with van der Waals surface area (Å²) in [6.45, 7) is -0.647. The number of alkyl halides is 2. The number of amides is 3. The number of pyridine rings is 1. The number of hydrogen-bond donors (Lipinski definition) is 2. The number of ether oxygens (including phenoxy) is 1. The highest BCUT2D eigenvalue weighted by molar-refractivity contribution is 6.00. The molecule has 2 N–H and O–H groups in total. The molecule has 0 aliphatic carbocycles. The van der Waals surface area contributed by atoms with E-state index in [9.17, 15) is 18.4 Å². The van der Waals surface area contributed by atoms with E-state index < -0.39 is 36.4 Å². The van der Waals surface area contributed by atoms with Crippen LogP contribution in [0.2, 0.25) is 0 Å². The first-order chi connectivity index (χ1) is 14.9. The molecule has 0 aromatic carbocycles. The molecule has 3 aromatic heterocycles. The highest BCUT2D eigenvalue weighted by Crippen LogP contribution is 2.36. The quantitative estimate of drug-likeness (QED) is 0.635. The number of nitrogens with one attached hydrogen (secondary N) is 2. The van der Waals surface area contributed by atoms with Crippen LogP contribution in [-0.2, 0) is 4.79 Å². The molecule has 0 spiro atoms. The number of aromatic nitrogens is 4. The van der Waals surface area contributed by atoms with Crippen molar-refractivity contribution >= 4 is 23.3 Å². The zero-order valence-electron chi connectivity index (χ0n) is 16.0. The first-order valence-corrected chi connectivity index (χ1v) is 9.54. The molecular formula is C19H17F2N7O3. The van der Waals surface area contributed by atoms with Crippen LogP contribution < -0.4 is 20.3 Å². The van der Waals surface area contributed by atoms with Crippen LogP contribution in [-0.4, -0.2) is 63.2 Å². The number of imidazole rings is 1. The molecule has 3 amide bonds. The van der Waals surface area contributed by atoms with E-state index >= 15 is 0 Å². The Balaban J connectivity index is 1.47. The summed E-state index contributed by atoms with van der Waals surface area (Å²) in [6.07, 6.45) is 3.12. The Bertz CT molecular complexity index is 1150. The fraction of sp³-hybridized carbons (Fsp3) is 0.316. The molecule has 160 valence electrons. The summed E-state index contributed by atoms with van der Waals surface area (Å²) >= 11 is 0. The van der Waals surface area contributed by atoms with Crippen LogP contribution in [0, 0.1) is 0 Å². The van der Waals surface area contributed by atoms with Gasteiger partial charge in [-0.15, -0.1) is 0 Å². The summed E-state index contributed by atoms with van der Waals surface area (Å²) in [4.78, 5) is 33.3. The molecule has 2 fully saturated rings. The number of nitrogens with zero attached hydrogens (tertiary/aromatic N) is 5. The first-order valence-electron chi connectivity index (χ1n) is 9.54. The number of urea groups is 1. The van der Waals surface area contributed by atoms with E-state index in [4.69, 9.17) is 4.74 Å². The van der Waals surface area contributed by atoms with Crippen molar-refractivity contribution in [2.24, 2.45) is 0 Å². The molecular weight excluding hydrogens is 412 g/mol. The lowest BCUT2D eigenvalue weighted by Crippen LogP contribution is -2.51. The van der Waals surface area contributed by atoms with Crippen molar-refractivity contribution < 1.29 is 23.1 Å². The molecule has 2 saturated heterocycles. The monoisotopic (exact) mass is 429 g/mol. The van der Waals surface area contributed by atoms with Crippen molar-refractivity contribution in [3.05, 3.63) is 48.5 Å². The Labute approximate surface area is 174 Å². The molecule has 5 heterocycles. The first kappa shape index (κ1) is 19.2. The molecule has 0 radical (unpaired) electrons. The number of anilines is 1. The molecule has 0 saturated carbocycles. The van der Waals surface area contributed by atoms with Crippen molar-refractivity contribution in [3.8, 4) is 5.88 Å². The van der Waals surface area contributed by atoms with E-state index in [1.54, 1.807) is 24.4 Å². The average Bonchev–Trinajstić information content (AvgIpc) is 3.32. The Hall–Kier alpha value is -3.83. The van der Waals surface area contributed by atoms with Gasteiger partial charge in [0.05, 0.1) is 30.4 Å². The van der Waals surface area contributed by atoms with Crippen LogP contribution in [0.4, 0.5) is 19.3 Å². The number of hydrogen-bond acceptors (Lipinski definition) is 7. The smallest absolute Gasteiger partial charge is 0.321 e. The Morgan fingerprint density at radius 1 is 1.19 bits per heavy atom. The molecule has 2 atom stereocenters. The van der Waals surface area contributed by atoms with Gasteiger partial charge < -0.3 is 15.0 Å². The molecule has 31 heavy (non-hydrogen) atoms. The third kappa shape index (κ3) is 3.49. The minimum atomic E-state index is -3.14. The summed E-state index contributed by atoms with van der Waals surface area (Å²) < 4.78 is 36.4. The highest BCUT2D eigenvalue weighted by Gasteiger charge is 2.51. The van der Waals surface area contributed by atoms with Crippen molar-refractivity contribution in [3.63, 3.8) is 0 Å². The molecule has 0 bridgehead atoms. The fourth-order valence-electron chi connectivity index (χ4n) is 3.72. The summed E-state index contributed by atoms with van der Waals surface area (Å²) in [5, 5.41) is 9.11. The van der Waals surface area contributed by atoms with Crippen molar-refractivity contribution in [1.29, 1.82) is 0 Å². The van der Waals surface area contributed by atoms with E-state index in [0.717, 1.165) is 0 Å². The summed E-state index contributed by atoms with van der Waals surface area (Å²) in [6, 6.07) is 5.82. The van der Waals surface area contributed by atoms with Crippen LogP contribution in [0.5, 0.6) is 5.88 Å². The third-order valence-electron chi connectivity index (χ3n) is 5.24. The largest absolute Gasteiger partial charge is 0.466 e. The van der Waals surface area contributed by atoms with Crippen molar-refractivity contribution in [2.45, 2.75) is 17.9 Å². The number of fused-ring (bicyclic) bond motifs is 1. The van der Waals surface area contributed by atoms with E-state index in [1.807, 2.05) is 0 Å². The predicted octanol–water partition coefficient (Wildman–Crippen LogP) is 0.950. The molecule has 5 rings (SSSR count). The number of carbonyl (C=O) groups is 2. The number of imide groups is 1. The summed E-state index contributed by atoms with van der Waals surface area (Å²) in [7, 11) is 0. The van der Waals surface area contributed by atoms with Crippen molar-refractivity contribution in [2.75, 3.05) is 24.5 Å². The molecule has 3 aromatic rings. The minimum absolute atomic E-state index is 0.0544. The van der Waals surface area contributed by atoms with Gasteiger partial charge in [0.25, 0.3) is 0 Å². The lowest BCUT2D eigenvalue weighted by Gasteiger charge is -2.24. The lowest BCUT2D eigenvalue weighted by atomic mass is 10.0. The van der Waals surface area contributed by atoms with E-state index in [-0.39, 0.29) is 19.0 Å². The molecule has 2 aliphatic rings. The van der Waals surface area contributed by atoms with Crippen LogP contribution in [0.1, 0.15) is 11.6 Å². The summed E-state index contributed by atoms with van der Waals surface area (Å²) in [5.41, 5.74) is 1.10. The predicted molar refractivity (Wildman–Crippen MR) is 103 cm³/mol.